The number of carbonyl (C=O) groups excluding carboxylic acids is 1. The molecule has 0 amide bonds. The maximum Gasteiger partial charge on any atom is 0.349 e. The van der Waals surface area contributed by atoms with E-state index in [-0.39, 0.29) is 18.9 Å². The number of ether oxygens (including phenoxy) is 2. The van der Waals surface area contributed by atoms with E-state index in [1.807, 2.05) is 24.3 Å². The standard InChI is InChI=1S/C16H14N2O5S/c1-22-8-11-10-4-2-3-5-12(10)24-14(11)15(20)23-7-9-6-13(19)18-16(21)17-9/h2-6H,7-8H2,1H3,(H2,17,18,19,21). The van der Waals surface area contributed by atoms with Crippen LogP contribution in [-0.4, -0.2) is 23.0 Å². The number of thiophene rings is 1. The van der Waals surface area contributed by atoms with Crippen LogP contribution in [0.2, 0.25) is 0 Å². The minimum absolute atomic E-state index is 0.196. The van der Waals surface area contributed by atoms with Crippen LogP contribution in [0.25, 0.3) is 10.1 Å². The van der Waals surface area contributed by atoms with Gasteiger partial charge >= 0.3 is 11.7 Å². The average molecular weight is 346 g/mol. The molecule has 1 aromatic carbocycles. The molecule has 24 heavy (non-hydrogen) atoms. The molecule has 2 N–H and O–H groups in total. The van der Waals surface area contributed by atoms with Crippen molar-refractivity contribution in [2.45, 2.75) is 13.2 Å². The first-order valence-corrected chi connectivity index (χ1v) is 7.89. The predicted molar refractivity (Wildman–Crippen MR) is 89.3 cm³/mol. The summed E-state index contributed by atoms with van der Waals surface area (Å²) in [5.41, 5.74) is -0.198. The van der Waals surface area contributed by atoms with Gasteiger partial charge in [0.05, 0.1) is 12.3 Å². The van der Waals surface area contributed by atoms with E-state index in [4.69, 9.17) is 9.47 Å². The third-order valence-electron chi connectivity index (χ3n) is 3.35. The van der Waals surface area contributed by atoms with Gasteiger partial charge in [-0.15, -0.1) is 11.3 Å². The molecular formula is C16H14N2O5S. The van der Waals surface area contributed by atoms with Crippen molar-refractivity contribution in [3.05, 3.63) is 67.3 Å². The quantitative estimate of drug-likeness (QED) is 0.686. The third kappa shape index (κ3) is 3.29. The fourth-order valence-corrected chi connectivity index (χ4v) is 3.46. The van der Waals surface area contributed by atoms with E-state index in [1.165, 1.54) is 17.4 Å². The van der Waals surface area contributed by atoms with Crippen LogP contribution in [0.5, 0.6) is 0 Å². The highest BCUT2D eigenvalue weighted by atomic mass is 32.1. The van der Waals surface area contributed by atoms with Gasteiger partial charge in [-0.2, -0.15) is 0 Å². The van der Waals surface area contributed by atoms with Gasteiger partial charge in [-0.25, -0.2) is 9.59 Å². The predicted octanol–water partition coefficient (Wildman–Crippen LogP) is 1.78. The van der Waals surface area contributed by atoms with Crippen LogP contribution in [0.15, 0.2) is 39.9 Å². The number of methoxy groups -OCH3 is 1. The van der Waals surface area contributed by atoms with Gasteiger partial charge < -0.3 is 14.5 Å². The number of esters is 1. The maximum atomic E-state index is 12.4. The molecular weight excluding hydrogens is 332 g/mol. The van der Waals surface area contributed by atoms with Crippen molar-refractivity contribution >= 4 is 27.4 Å². The molecule has 0 aliphatic rings. The Morgan fingerprint density at radius 1 is 1.17 bits per heavy atom. The lowest BCUT2D eigenvalue weighted by Crippen LogP contribution is -2.23. The summed E-state index contributed by atoms with van der Waals surface area (Å²) in [6, 6.07) is 8.81. The van der Waals surface area contributed by atoms with Crippen LogP contribution < -0.4 is 11.2 Å². The molecule has 0 radical (unpaired) electrons. The van der Waals surface area contributed by atoms with Crippen molar-refractivity contribution < 1.29 is 14.3 Å². The van der Waals surface area contributed by atoms with Crippen LogP contribution in [0.3, 0.4) is 0 Å². The highest BCUT2D eigenvalue weighted by molar-refractivity contribution is 7.21. The largest absolute Gasteiger partial charge is 0.455 e. The van der Waals surface area contributed by atoms with Gasteiger partial charge in [-0.3, -0.25) is 9.78 Å². The molecule has 0 spiro atoms. The van der Waals surface area contributed by atoms with Gasteiger partial charge in [0, 0.05) is 23.4 Å². The van der Waals surface area contributed by atoms with Crippen molar-refractivity contribution in [2.24, 2.45) is 0 Å². The number of hydrogen-bond donors (Lipinski definition) is 2. The Bertz CT molecular complexity index is 973. The second-order valence-corrected chi connectivity index (χ2v) is 6.08. The molecule has 0 aliphatic heterocycles. The van der Waals surface area contributed by atoms with Crippen molar-refractivity contribution in [3.8, 4) is 0 Å². The maximum absolute atomic E-state index is 12.4. The molecule has 8 heteroatoms. The summed E-state index contributed by atoms with van der Waals surface area (Å²) in [5.74, 6) is -0.524. The number of rotatable bonds is 5. The summed E-state index contributed by atoms with van der Waals surface area (Å²) in [6.45, 7) is 0.0922. The summed E-state index contributed by atoms with van der Waals surface area (Å²) < 4.78 is 11.4. The molecule has 124 valence electrons. The summed E-state index contributed by atoms with van der Waals surface area (Å²) in [7, 11) is 1.56. The molecule has 2 aromatic heterocycles. The second-order valence-electron chi connectivity index (χ2n) is 5.03. The molecule has 3 rings (SSSR count). The minimum Gasteiger partial charge on any atom is -0.455 e. The van der Waals surface area contributed by atoms with Gasteiger partial charge in [0.15, 0.2) is 0 Å². The first kappa shape index (κ1) is 16.2. The van der Waals surface area contributed by atoms with E-state index < -0.39 is 17.2 Å². The van der Waals surface area contributed by atoms with Crippen molar-refractivity contribution in [1.82, 2.24) is 9.97 Å². The third-order valence-corrected chi connectivity index (χ3v) is 4.54. The molecule has 0 unspecified atom stereocenters. The summed E-state index contributed by atoms with van der Waals surface area (Å²) in [4.78, 5) is 39.8. The van der Waals surface area contributed by atoms with Crippen LogP contribution in [-0.2, 0) is 22.7 Å². The normalized spacial score (nSPS) is 10.9. The van der Waals surface area contributed by atoms with E-state index in [9.17, 15) is 14.4 Å². The second kappa shape index (κ2) is 6.81. The highest BCUT2D eigenvalue weighted by Gasteiger charge is 2.19. The lowest BCUT2D eigenvalue weighted by atomic mass is 10.1. The SMILES string of the molecule is COCc1c(C(=O)OCc2cc(=O)[nH]c(=O)[nH]2)sc2ccccc12. The molecule has 0 aliphatic carbocycles. The van der Waals surface area contributed by atoms with Gasteiger partial charge in [0.2, 0.25) is 0 Å². The fraction of sp³-hybridized carbons (Fsp3) is 0.188. The van der Waals surface area contributed by atoms with Crippen LogP contribution in [0.1, 0.15) is 20.9 Å². The molecule has 2 heterocycles. The van der Waals surface area contributed by atoms with Gasteiger partial charge in [-0.1, -0.05) is 18.2 Å². The lowest BCUT2D eigenvalue weighted by molar-refractivity contribution is 0.0469. The Morgan fingerprint density at radius 3 is 2.71 bits per heavy atom. The first-order valence-electron chi connectivity index (χ1n) is 7.07. The smallest absolute Gasteiger partial charge is 0.349 e. The zero-order valence-corrected chi connectivity index (χ0v) is 13.6. The summed E-state index contributed by atoms with van der Waals surface area (Å²) >= 11 is 1.32. The van der Waals surface area contributed by atoms with Crippen LogP contribution >= 0.6 is 11.3 Å². The number of aromatic nitrogens is 2. The number of H-pyrrole nitrogens is 2. The van der Waals surface area contributed by atoms with Gasteiger partial charge in [0.25, 0.3) is 5.56 Å². The average Bonchev–Trinajstić information content (AvgIpc) is 2.91. The molecule has 0 saturated carbocycles. The fourth-order valence-electron chi connectivity index (χ4n) is 2.36. The summed E-state index contributed by atoms with van der Waals surface area (Å²) in [5, 5.41) is 0.945. The number of aromatic amines is 2. The van der Waals surface area contributed by atoms with Gasteiger partial charge in [-0.05, 0) is 11.5 Å². The molecule has 0 fully saturated rings. The summed E-state index contributed by atoms with van der Waals surface area (Å²) in [6.07, 6.45) is 0. The van der Waals surface area contributed by atoms with Crippen molar-refractivity contribution in [1.29, 1.82) is 0 Å². The number of carbonyl (C=O) groups is 1. The monoisotopic (exact) mass is 346 g/mol. The first-order chi connectivity index (χ1) is 11.6. The topological polar surface area (TPSA) is 101 Å². The Hall–Kier alpha value is -2.71. The number of hydrogen-bond acceptors (Lipinski definition) is 6. The number of nitrogens with one attached hydrogen (secondary N) is 2. The van der Waals surface area contributed by atoms with E-state index in [2.05, 4.69) is 9.97 Å². The molecule has 3 aromatic rings. The Balaban J connectivity index is 1.87. The van der Waals surface area contributed by atoms with Crippen molar-refractivity contribution in [3.63, 3.8) is 0 Å². The van der Waals surface area contributed by atoms with E-state index in [1.54, 1.807) is 7.11 Å². The molecule has 0 bridgehead atoms. The van der Waals surface area contributed by atoms with E-state index in [0.29, 0.717) is 4.88 Å². The number of fused-ring (bicyclic) bond motifs is 1. The highest BCUT2D eigenvalue weighted by Crippen LogP contribution is 2.32. The number of benzene rings is 1. The van der Waals surface area contributed by atoms with Crippen LogP contribution in [0.4, 0.5) is 0 Å². The molecule has 0 atom stereocenters. The van der Waals surface area contributed by atoms with E-state index in [0.717, 1.165) is 15.6 Å². The minimum atomic E-state index is -0.643. The van der Waals surface area contributed by atoms with Crippen molar-refractivity contribution in [2.75, 3.05) is 7.11 Å². The van der Waals surface area contributed by atoms with Gasteiger partial charge in [0.1, 0.15) is 11.5 Å². The molecule has 0 saturated heterocycles. The Labute approximate surface area is 139 Å². The lowest BCUT2D eigenvalue weighted by Gasteiger charge is -2.05. The zero-order chi connectivity index (χ0) is 17.1. The Morgan fingerprint density at radius 2 is 1.96 bits per heavy atom. The van der Waals surface area contributed by atoms with E-state index >= 15 is 0 Å². The molecule has 7 nitrogen and oxygen atoms in total. The van der Waals surface area contributed by atoms with Crippen LogP contribution in [0, 0.1) is 0 Å². The Kier molecular flexibility index (Phi) is 4.59. The zero-order valence-electron chi connectivity index (χ0n) is 12.8.